The maximum Gasteiger partial charge on any atom is 0.151 e. The van der Waals surface area contributed by atoms with E-state index in [1.807, 2.05) is 6.07 Å². The number of rotatable bonds is 8. The van der Waals surface area contributed by atoms with Gasteiger partial charge in [-0.1, -0.05) is 25.4 Å². The van der Waals surface area contributed by atoms with Crippen LogP contribution in [0.25, 0.3) is 0 Å². The van der Waals surface area contributed by atoms with E-state index < -0.39 is 0 Å². The van der Waals surface area contributed by atoms with Crippen molar-refractivity contribution in [3.05, 3.63) is 17.5 Å². The van der Waals surface area contributed by atoms with Crippen LogP contribution in [0, 0.1) is 0 Å². The Labute approximate surface area is 104 Å². The van der Waals surface area contributed by atoms with Gasteiger partial charge in [0.15, 0.2) is 5.76 Å². The molecule has 0 aliphatic carbocycles. The van der Waals surface area contributed by atoms with Crippen LogP contribution >= 0.6 is 0 Å². The lowest BCUT2D eigenvalue weighted by Crippen LogP contribution is -2.28. The fraction of sp³-hybridized carbons (Fsp3) is 0.769. The monoisotopic (exact) mass is 239 g/mol. The molecule has 0 aromatic carbocycles. The van der Waals surface area contributed by atoms with Crippen molar-refractivity contribution >= 4 is 0 Å². The predicted octanol–water partition coefficient (Wildman–Crippen LogP) is 2.40. The second-order valence-corrected chi connectivity index (χ2v) is 4.62. The van der Waals surface area contributed by atoms with Crippen LogP contribution in [0.5, 0.6) is 0 Å². The number of hydrogen-bond acceptors (Lipinski definition) is 4. The number of hydrogen-bond donors (Lipinski definition) is 1. The Kier molecular flexibility index (Phi) is 6.22. The number of aromatic nitrogens is 1. The van der Waals surface area contributed by atoms with Crippen LogP contribution in [0.1, 0.15) is 45.1 Å². The molecule has 17 heavy (non-hydrogen) atoms. The summed E-state index contributed by atoms with van der Waals surface area (Å²) < 4.78 is 5.33. The van der Waals surface area contributed by atoms with E-state index in [-0.39, 0.29) is 0 Å². The van der Waals surface area contributed by atoms with E-state index in [2.05, 4.69) is 43.2 Å². The molecule has 4 heteroatoms. The first kappa shape index (κ1) is 14.2. The molecule has 0 aliphatic rings. The van der Waals surface area contributed by atoms with Gasteiger partial charge in [0.1, 0.15) is 0 Å². The second-order valence-electron chi connectivity index (χ2n) is 4.62. The molecule has 1 aromatic rings. The third kappa shape index (κ3) is 4.88. The summed E-state index contributed by atoms with van der Waals surface area (Å²) in [7, 11) is 2.13. The van der Waals surface area contributed by atoms with Crippen molar-refractivity contribution in [3.8, 4) is 0 Å². The van der Waals surface area contributed by atoms with Crippen LogP contribution in [0.15, 0.2) is 10.6 Å². The Morgan fingerprint density at radius 1 is 1.47 bits per heavy atom. The predicted molar refractivity (Wildman–Crippen MR) is 69.7 cm³/mol. The van der Waals surface area contributed by atoms with Gasteiger partial charge in [0.2, 0.25) is 0 Å². The summed E-state index contributed by atoms with van der Waals surface area (Å²) in [5, 5.41) is 7.29. The van der Waals surface area contributed by atoms with E-state index in [0.717, 1.165) is 31.1 Å². The van der Waals surface area contributed by atoms with Gasteiger partial charge < -0.3 is 9.84 Å². The average molecular weight is 239 g/mol. The Morgan fingerprint density at radius 3 is 2.88 bits per heavy atom. The molecule has 4 nitrogen and oxygen atoms in total. The summed E-state index contributed by atoms with van der Waals surface area (Å²) in [5.74, 6) is 0.948. The van der Waals surface area contributed by atoms with Crippen molar-refractivity contribution in [1.82, 2.24) is 15.4 Å². The lowest BCUT2D eigenvalue weighted by atomic mass is 10.1. The molecule has 1 aromatic heterocycles. The molecule has 1 unspecified atom stereocenters. The standard InChI is InChI=1S/C13H25N3O/c1-5-7-11(3)16(4)10-13-8-12(15-17-13)9-14-6-2/h8,11,14H,5-7,9-10H2,1-4H3. The molecular weight excluding hydrogens is 214 g/mol. The molecule has 1 heterocycles. The summed E-state index contributed by atoms with van der Waals surface area (Å²) >= 11 is 0. The minimum atomic E-state index is 0.585. The Hall–Kier alpha value is -0.870. The van der Waals surface area contributed by atoms with Crippen LogP contribution in [0.4, 0.5) is 0 Å². The SMILES string of the molecule is CCCC(C)N(C)Cc1cc(CNCC)no1. The quantitative estimate of drug-likeness (QED) is 0.756. The zero-order valence-electron chi connectivity index (χ0n) is 11.5. The number of nitrogens with zero attached hydrogens (tertiary/aromatic N) is 2. The normalized spacial score (nSPS) is 13.2. The highest BCUT2D eigenvalue weighted by molar-refractivity contribution is 5.05. The maximum absolute atomic E-state index is 5.33. The van der Waals surface area contributed by atoms with Gasteiger partial charge in [-0.25, -0.2) is 0 Å². The van der Waals surface area contributed by atoms with Gasteiger partial charge in [0, 0.05) is 18.7 Å². The van der Waals surface area contributed by atoms with Gasteiger partial charge in [-0.15, -0.1) is 0 Å². The van der Waals surface area contributed by atoms with E-state index in [9.17, 15) is 0 Å². The molecule has 0 saturated carbocycles. The molecule has 98 valence electrons. The minimum Gasteiger partial charge on any atom is -0.360 e. The first-order valence-electron chi connectivity index (χ1n) is 6.52. The van der Waals surface area contributed by atoms with Crippen molar-refractivity contribution in [2.24, 2.45) is 0 Å². The second kappa shape index (κ2) is 7.45. The lowest BCUT2D eigenvalue weighted by Gasteiger charge is -2.22. The highest BCUT2D eigenvalue weighted by atomic mass is 16.5. The molecule has 1 rings (SSSR count). The summed E-state index contributed by atoms with van der Waals surface area (Å²) in [6, 6.07) is 2.62. The molecule has 1 N–H and O–H groups in total. The van der Waals surface area contributed by atoms with Gasteiger partial charge >= 0.3 is 0 Å². The minimum absolute atomic E-state index is 0.585. The van der Waals surface area contributed by atoms with Crippen molar-refractivity contribution in [2.45, 2.75) is 52.7 Å². The fourth-order valence-corrected chi connectivity index (χ4v) is 1.81. The average Bonchev–Trinajstić information content (AvgIpc) is 2.74. The Morgan fingerprint density at radius 2 is 2.24 bits per heavy atom. The smallest absolute Gasteiger partial charge is 0.151 e. The molecule has 0 saturated heterocycles. The zero-order chi connectivity index (χ0) is 12.7. The van der Waals surface area contributed by atoms with Crippen LogP contribution in [0.3, 0.4) is 0 Å². The molecule has 0 fully saturated rings. The molecular formula is C13H25N3O. The largest absolute Gasteiger partial charge is 0.360 e. The van der Waals surface area contributed by atoms with Gasteiger partial charge in [0.05, 0.1) is 12.2 Å². The topological polar surface area (TPSA) is 41.3 Å². The summed E-state index contributed by atoms with van der Waals surface area (Å²) in [6.07, 6.45) is 2.43. The molecule has 0 aliphatic heterocycles. The van der Waals surface area contributed by atoms with Crippen molar-refractivity contribution < 1.29 is 4.52 Å². The summed E-state index contributed by atoms with van der Waals surface area (Å²) in [5.41, 5.74) is 0.985. The van der Waals surface area contributed by atoms with E-state index in [0.29, 0.717) is 6.04 Å². The highest BCUT2D eigenvalue weighted by Crippen LogP contribution is 2.11. The third-order valence-electron chi connectivity index (χ3n) is 3.03. The van der Waals surface area contributed by atoms with Crippen LogP contribution in [-0.4, -0.2) is 29.7 Å². The highest BCUT2D eigenvalue weighted by Gasteiger charge is 2.11. The molecule has 0 bridgehead atoms. The first-order valence-corrected chi connectivity index (χ1v) is 6.52. The lowest BCUT2D eigenvalue weighted by molar-refractivity contribution is 0.209. The van der Waals surface area contributed by atoms with Gasteiger partial charge in [0.25, 0.3) is 0 Å². The molecule has 0 amide bonds. The molecule has 0 spiro atoms. The first-order chi connectivity index (χ1) is 8.17. The van der Waals surface area contributed by atoms with Gasteiger partial charge in [-0.3, -0.25) is 4.90 Å². The fourth-order valence-electron chi connectivity index (χ4n) is 1.81. The Bertz CT molecular complexity index is 311. The van der Waals surface area contributed by atoms with E-state index >= 15 is 0 Å². The summed E-state index contributed by atoms with van der Waals surface area (Å²) in [6.45, 7) is 9.12. The van der Waals surface area contributed by atoms with Gasteiger partial charge in [-0.05, 0) is 26.9 Å². The number of nitrogens with one attached hydrogen (secondary N) is 1. The van der Waals surface area contributed by atoms with Crippen molar-refractivity contribution in [3.63, 3.8) is 0 Å². The molecule has 1 atom stereocenters. The van der Waals surface area contributed by atoms with Crippen LogP contribution in [0.2, 0.25) is 0 Å². The van der Waals surface area contributed by atoms with E-state index in [4.69, 9.17) is 4.52 Å². The third-order valence-corrected chi connectivity index (χ3v) is 3.03. The van der Waals surface area contributed by atoms with Gasteiger partial charge in [-0.2, -0.15) is 0 Å². The van der Waals surface area contributed by atoms with Crippen molar-refractivity contribution in [1.29, 1.82) is 0 Å². The Balaban J connectivity index is 2.42. The summed E-state index contributed by atoms with van der Waals surface area (Å²) in [4.78, 5) is 2.31. The van der Waals surface area contributed by atoms with Crippen molar-refractivity contribution in [2.75, 3.05) is 13.6 Å². The molecule has 0 radical (unpaired) electrons. The van der Waals surface area contributed by atoms with E-state index in [1.54, 1.807) is 0 Å². The maximum atomic E-state index is 5.33. The van der Waals surface area contributed by atoms with Crippen LogP contribution in [-0.2, 0) is 13.1 Å². The van der Waals surface area contributed by atoms with E-state index in [1.165, 1.54) is 12.8 Å². The zero-order valence-corrected chi connectivity index (χ0v) is 11.5. The van der Waals surface area contributed by atoms with Crippen LogP contribution < -0.4 is 5.32 Å².